The fourth-order valence-electron chi connectivity index (χ4n) is 3.56. The normalized spacial score (nSPS) is 28.2. The van der Waals surface area contributed by atoms with Gasteiger partial charge in [-0.25, -0.2) is 0 Å². The third-order valence-electron chi connectivity index (χ3n) is 4.55. The molecule has 1 aliphatic heterocycles. The molecule has 0 radical (unpaired) electrons. The predicted molar refractivity (Wildman–Crippen MR) is 69.9 cm³/mol. The van der Waals surface area contributed by atoms with E-state index in [0.29, 0.717) is 5.92 Å². The highest BCUT2D eigenvalue weighted by Gasteiger charge is 2.36. The second-order valence-corrected chi connectivity index (χ2v) is 6.33. The van der Waals surface area contributed by atoms with Gasteiger partial charge in [0.2, 0.25) is 0 Å². The first-order chi connectivity index (χ1) is 8.02. The molecule has 1 saturated heterocycles. The summed E-state index contributed by atoms with van der Waals surface area (Å²) in [7, 11) is 0. The van der Waals surface area contributed by atoms with E-state index in [-0.39, 0.29) is 11.5 Å². The van der Waals surface area contributed by atoms with Crippen LogP contribution in [-0.4, -0.2) is 24.4 Å². The molecule has 1 fully saturated rings. The molecule has 1 unspecified atom stereocenters. The van der Waals surface area contributed by atoms with Crippen molar-refractivity contribution in [2.75, 3.05) is 13.2 Å². The van der Waals surface area contributed by atoms with Crippen molar-refractivity contribution in [3.8, 4) is 0 Å². The molecular formula is C15H26O2. The van der Waals surface area contributed by atoms with Crippen molar-refractivity contribution in [1.29, 1.82) is 0 Å². The minimum Gasteiger partial charge on any atom is -0.388 e. The number of aliphatic hydroxyl groups is 1. The summed E-state index contributed by atoms with van der Waals surface area (Å²) in [6, 6.07) is 0. The summed E-state index contributed by atoms with van der Waals surface area (Å²) in [5.41, 5.74) is 2.94. The molecule has 98 valence electrons. The molecule has 0 aromatic carbocycles. The number of allylic oxidation sites excluding steroid dienone is 1. The first-order valence-electron chi connectivity index (χ1n) is 6.98. The summed E-state index contributed by atoms with van der Waals surface area (Å²) in [6.45, 7) is 8.41. The molecule has 1 heterocycles. The van der Waals surface area contributed by atoms with Crippen molar-refractivity contribution in [1.82, 2.24) is 0 Å². The zero-order valence-corrected chi connectivity index (χ0v) is 11.5. The Morgan fingerprint density at radius 2 is 1.94 bits per heavy atom. The van der Waals surface area contributed by atoms with Gasteiger partial charge in [-0.15, -0.1) is 0 Å². The summed E-state index contributed by atoms with van der Waals surface area (Å²) >= 11 is 0. The number of ether oxygens (including phenoxy) is 1. The number of aliphatic hydroxyl groups excluding tert-OH is 1. The summed E-state index contributed by atoms with van der Waals surface area (Å²) in [5, 5.41) is 10.7. The molecular weight excluding hydrogens is 212 g/mol. The summed E-state index contributed by atoms with van der Waals surface area (Å²) in [4.78, 5) is 0. The highest BCUT2D eigenvalue weighted by molar-refractivity contribution is 5.26. The van der Waals surface area contributed by atoms with Gasteiger partial charge in [0.05, 0.1) is 6.10 Å². The lowest BCUT2D eigenvalue weighted by atomic mass is 9.68. The van der Waals surface area contributed by atoms with Crippen LogP contribution in [0.5, 0.6) is 0 Å². The molecule has 2 nitrogen and oxygen atoms in total. The maximum Gasteiger partial charge on any atom is 0.0787 e. The third-order valence-corrected chi connectivity index (χ3v) is 4.55. The molecule has 0 aromatic heterocycles. The Labute approximate surface area is 105 Å². The standard InChI is InChI=1S/C15H26O2/c1-11-5-4-8-15(2,3)13(11)14(16)12-6-9-17-10-7-12/h12,14,16H,4-10H2,1-3H3. The van der Waals surface area contributed by atoms with E-state index in [0.717, 1.165) is 26.1 Å². The maximum absolute atomic E-state index is 10.7. The van der Waals surface area contributed by atoms with Gasteiger partial charge in [-0.2, -0.15) is 0 Å². The van der Waals surface area contributed by atoms with Crippen molar-refractivity contribution in [2.24, 2.45) is 11.3 Å². The highest BCUT2D eigenvalue weighted by Crippen LogP contribution is 2.44. The number of hydrogen-bond acceptors (Lipinski definition) is 2. The molecule has 2 heteroatoms. The summed E-state index contributed by atoms with van der Waals surface area (Å²) in [5.74, 6) is 0.408. The van der Waals surface area contributed by atoms with Gasteiger partial charge in [0.25, 0.3) is 0 Å². The lowest BCUT2D eigenvalue weighted by Crippen LogP contribution is -2.36. The van der Waals surface area contributed by atoms with Crippen LogP contribution in [-0.2, 0) is 4.74 Å². The van der Waals surface area contributed by atoms with Crippen molar-refractivity contribution in [2.45, 2.75) is 59.0 Å². The van der Waals surface area contributed by atoms with Crippen LogP contribution in [0.3, 0.4) is 0 Å². The topological polar surface area (TPSA) is 29.5 Å². The monoisotopic (exact) mass is 238 g/mol. The van der Waals surface area contributed by atoms with E-state index >= 15 is 0 Å². The predicted octanol–water partition coefficient (Wildman–Crippen LogP) is 3.30. The molecule has 17 heavy (non-hydrogen) atoms. The molecule has 0 spiro atoms. The molecule has 1 N–H and O–H groups in total. The number of rotatable bonds is 2. The molecule has 0 saturated carbocycles. The highest BCUT2D eigenvalue weighted by atomic mass is 16.5. The fraction of sp³-hybridized carbons (Fsp3) is 0.867. The average molecular weight is 238 g/mol. The molecule has 0 amide bonds. The van der Waals surface area contributed by atoms with Crippen molar-refractivity contribution in [3.05, 3.63) is 11.1 Å². The Hall–Kier alpha value is -0.340. The van der Waals surface area contributed by atoms with E-state index < -0.39 is 0 Å². The Balaban J connectivity index is 2.18. The quantitative estimate of drug-likeness (QED) is 0.748. The van der Waals surface area contributed by atoms with Crippen molar-refractivity contribution >= 4 is 0 Å². The largest absolute Gasteiger partial charge is 0.388 e. The van der Waals surface area contributed by atoms with Gasteiger partial charge in [0, 0.05) is 13.2 Å². The third kappa shape index (κ3) is 2.74. The first kappa shape index (κ1) is 13.1. The van der Waals surface area contributed by atoms with Crippen LogP contribution in [0, 0.1) is 11.3 Å². The Kier molecular flexibility index (Phi) is 3.94. The van der Waals surface area contributed by atoms with Gasteiger partial charge in [0.1, 0.15) is 0 Å². The second-order valence-electron chi connectivity index (χ2n) is 6.33. The Morgan fingerprint density at radius 1 is 1.29 bits per heavy atom. The zero-order valence-electron chi connectivity index (χ0n) is 11.5. The minimum absolute atomic E-state index is 0.181. The smallest absolute Gasteiger partial charge is 0.0787 e. The van der Waals surface area contributed by atoms with Gasteiger partial charge in [-0.3, -0.25) is 0 Å². The Morgan fingerprint density at radius 3 is 2.53 bits per heavy atom. The maximum atomic E-state index is 10.7. The molecule has 2 aliphatic rings. The van der Waals surface area contributed by atoms with E-state index in [1.807, 2.05) is 0 Å². The van der Waals surface area contributed by atoms with Crippen LogP contribution in [0.1, 0.15) is 52.9 Å². The zero-order chi connectivity index (χ0) is 12.5. The van der Waals surface area contributed by atoms with Crippen LogP contribution in [0.15, 0.2) is 11.1 Å². The van der Waals surface area contributed by atoms with E-state index in [1.54, 1.807) is 0 Å². The lowest BCUT2D eigenvalue weighted by molar-refractivity contribution is 0.0131. The fourth-order valence-corrected chi connectivity index (χ4v) is 3.56. The molecule has 0 bridgehead atoms. The van der Waals surface area contributed by atoms with E-state index in [9.17, 15) is 5.11 Å². The molecule has 1 atom stereocenters. The van der Waals surface area contributed by atoms with Gasteiger partial charge < -0.3 is 9.84 Å². The SMILES string of the molecule is CC1=C(C(O)C2CCOCC2)C(C)(C)CCC1. The number of hydrogen-bond donors (Lipinski definition) is 1. The Bertz CT molecular complexity index is 298. The van der Waals surface area contributed by atoms with Crippen LogP contribution in [0.2, 0.25) is 0 Å². The van der Waals surface area contributed by atoms with Crippen LogP contribution >= 0.6 is 0 Å². The second kappa shape index (κ2) is 5.11. The van der Waals surface area contributed by atoms with E-state index in [4.69, 9.17) is 4.74 Å². The van der Waals surface area contributed by atoms with Gasteiger partial charge >= 0.3 is 0 Å². The minimum atomic E-state index is -0.241. The molecule has 1 aliphatic carbocycles. The van der Waals surface area contributed by atoms with Gasteiger partial charge in [0.15, 0.2) is 0 Å². The van der Waals surface area contributed by atoms with E-state index in [1.165, 1.54) is 30.4 Å². The average Bonchev–Trinajstić information content (AvgIpc) is 2.28. The van der Waals surface area contributed by atoms with Crippen molar-refractivity contribution < 1.29 is 9.84 Å². The van der Waals surface area contributed by atoms with Crippen LogP contribution in [0.25, 0.3) is 0 Å². The summed E-state index contributed by atoms with van der Waals surface area (Å²) in [6.07, 6.45) is 5.42. The lowest BCUT2D eigenvalue weighted by Gasteiger charge is -2.40. The first-order valence-corrected chi connectivity index (χ1v) is 6.98. The van der Waals surface area contributed by atoms with Crippen LogP contribution < -0.4 is 0 Å². The summed E-state index contributed by atoms with van der Waals surface area (Å²) < 4.78 is 5.39. The van der Waals surface area contributed by atoms with E-state index in [2.05, 4.69) is 20.8 Å². The molecule has 0 aromatic rings. The molecule has 2 rings (SSSR count). The van der Waals surface area contributed by atoms with Crippen molar-refractivity contribution in [3.63, 3.8) is 0 Å². The van der Waals surface area contributed by atoms with Gasteiger partial charge in [-0.1, -0.05) is 19.4 Å². The van der Waals surface area contributed by atoms with Crippen LogP contribution in [0.4, 0.5) is 0 Å². The van der Waals surface area contributed by atoms with Gasteiger partial charge in [-0.05, 0) is 55.9 Å².